The third-order valence-corrected chi connectivity index (χ3v) is 2.44. The van der Waals surface area contributed by atoms with Crippen molar-refractivity contribution in [3.63, 3.8) is 0 Å². The van der Waals surface area contributed by atoms with Crippen LogP contribution in [0.3, 0.4) is 0 Å². The largest absolute Gasteiger partial charge is 0.490 e. The van der Waals surface area contributed by atoms with E-state index in [-0.39, 0.29) is 5.91 Å². The number of nitrogens with zero attached hydrogens (tertiary/aromatic N) is 2. The molecule has 1 aromatic rings. The van der Waals surface area contributed by atoms with Gasteiger partial charge in [0.1, 0.15) is 6.33 Å². The van der Waals surface area contributed by atoms with Gasteiger partial charge in [0.15, 0.2) is 11.6 Å². The Labute approximate surface area is 113 Å². The summed E-state index contributed by atoms with van der Waals surface area (Å²) in [6, 6.07) is 0. The smallest absolute Gasteiger partial charge is 0.217 e. The van der Waals surface area contributed by atoms with Crippen LogP contribution in [0.2, 0.25) is 0 Å². The molecule has 0 saturated heterocycles. The lowest BCUT2D eigenvalue weighted by Crippen LogP contribution is -2.14. The molecule has 0 spiro atoms. The van der Waals surface area contributed by atoms with Crippen LogP contribution in [-0.4, -0.2) is 36.1 Å². The van der Waals surface area contributed by atoms with Crippen molar-refractivity contribution >= 4 is 17.5 Å². The molecule has 1 heterocycles. The van der Waals surface area contributed by atoms with Crippen LogP contribution >= 0.6 is 0 Å². The van der Waals surface area contributed by atoms with Gasteiger partial charge in [0, 0.05) is 19.5 Å². The third kappa shape index (κ3) is 4.99. The number of hydrogen-bond acceptors (Lipinski definition) is 6. The molecule has 7 nitrogen and oxygen atoms in total. The number of anilines is 2. The maximum Gasteiger partial charge on any atom is 0.217 e. The van der Waals surface area contributed by atoms with E-state index in [1.165, 1.54) is 6.33 Å². The highest BCUT2D eigenvalue weighted by Gasteiger charge is 2.11. The topological polar surface area (TPSA) is 102 Å². The second-order valence-corrected chi connectivity index (χ2v) is 4.03. The first kappa shape index (κ1) is 15.0. The highest BCUT2D eigenvalue weighted by Crippen LogP contribution is 2.28. The molecule has 106 valence electrons. The van der Waals surface area contributed by atoms with E-state index >= 15 is 0 Å². The van der Waals surface area contributed by atoms with Crippen molar-refractivity contribution in [3.8, 4) is 5.75 Å². The van der Waals surface area contributed by atoms with Gasteiger partial charge in [-0.15, -0.1) is 0 Å². The van der Waals surface area contributed by atoms with Crippen molar-refractivity contribution in [1.29, 1.82) is 0 Å². The van der Waals surface area contributed by atoms with Crippen molar-refractivity contribution in [2.75, 3.05) is 30.8 Å². The standard InChI is InChI=1S/C12H21N5O2/c1-3-6-14-11-10(19-2)12(17-8-16-11)15-7-4-5-9(13)18/h8H,3-7H2,1-2H3,(H2,13,18)(H2,14,15,16,17). The van der Waals surface area contributed by atoms with Crippen LogP contribution in [0, 0.1) is 0 Å². The molecule has 0 aliphatic rings. The van der Waals surface area contributed by atoms with Gasteiger partial charge in [-0.05, 0) is 12.8 Å². The van der Waals surface area contributed by atoms with E-state index in [0.717, 1.165) is 13.0 Å². The molecule has 0 bridgehead atoms. The zero-order valence-corrected chi connectivity index (χ0v) is 11.4. The van der Waals surface area contributed by atoms with Crippen LogP contribution in [0.4, 0.5) is 11.6 Å². The van der Waals surface area contributed by atoms with Gasteiger partial charge in [-0.2, -0.15) is 0 Å². The predicted octanol–water partition coefficient (Wildman–Crippen LogP) is 0.984. The molecule has 0 saturated carbocycles. The molecule has 0 fully saturated rings. The summed E-state index contributed by atoms with van der Waals surface area (Å²) in [5, 5.41) is 6.29. The monoisotopic (exact) mass is 267 g/mol. The molecule has 0 aliphatic heterocycles. The lowest BCUT2D eigenvalue weighted by atomic mass is 10.3. The fraction of sp³-hybridized carbons (Fsp3) is 0.583. The summed E-state index contributed by atoms with van der Waals surface area (Å²) in [4.78, 5) is 18.9. The Bertz CT molecular complexity index is 411. The number of amides is 1. The minimum absolute atomic E-state index is 0.304. The van der Waals surface area contributed by atoms with Gasteiger partial charge < -0.3 is 21.1 Å². The molecule has 19 heavy (non-hydrogen) atoms. The lowest BCUT2D eigenvalue weighted by molar-refractivity contribution is -0.118. The molecule has 1 aromatic heterocycles. The SMILES string of the molecule is CCCNc1ncnc(NCCCC(N)=O)c1OC. The van der Waals surface area contributed by atoms with E-state index in [1.54, 1.807) is 7.11 Å². The molecule has 0 aromatic carbocycles. The molecule has 7 heteroatoms. The molecule has 0 unspecified atom stereocenters. The van der Waals surface area contributed by atoms with Crippen LogP contribution in [0.25, 0.3) is 0 Å². The average molecular weight is 267 g/mol. The second kappa shape index (κ2) is 8.12. The fourth-order valence-corrected chi connectivity index (χ4v) is 1.53. The summed E-state index contributed by atoms with van der Waals surface area (Å²) in [6.07, 6.45) is 3.47. The lowest BCUT2D eigenvalue weighted by Gasteiger charge is -2.13. The van der Waals surface area contributed by atoms with Crippen molar-refractivity contribution in [2.45, 2.75) is 26.2 Å². The Morgan fingerprint density at radius 1 is 1.32 bits per heavy atom. The van der Waals surface area contributed by atoms with E-state index in [1.807, 2.05) is 0 Å². The number of carbonyl (C=O) groups is 1. The van der Waals surface area contributed by atoms with Gasteiger partial charge in [0.2, 0.25) is 11.7 Å². The molecule has 0 atom stereocenters. The zero-order valence-electron chi connectivity index (χ0n) is 11.4. The third-order valence-electron chi connectivity index (χ3n) is 2.44. The fourth-order valence-electron chi connectivity index (χ4n) is 1.53. The first-order valence-corrected chi connectivity index (χ1v) is 6.34. The number of rotatable bonds is 9. The first-order valence-electron chi connectivity index (χ1n) is 6.34. The summed E-state index contributed by atoms with van der Waals surface area (Å²) in [5.74, 6) is 1.55. The van der Waals surface area contributed by atoms with Crippen molar-refractivity contribution in [1.82, 2.24) is 9.97 Å². The number of aromatic nitrogens is 2. The van der Waals surface area contributed by atoms with Gasteiger partial charge >= 0.3 is 0 Å². The molecular formula is C12H21N5O2. The summed E-state index contributed by atoms with van der Waals surface area (Å²) in [7, 11) is 1.57. The Morgan fingerprint density at radius 3 is 2.47 bits per heavy atom. The number of ether oxygens (including phenoxy) is 1. The molecular weight excluding hydrogens is 246 g/mol. The van der Waals surface area contributed by atoms with Crippen molar-refractivity contribution in [3.05, 3.63) is 6.33 Å². The summed E-state index contributed by atoms with van der Waals surface area (Å²) >= 11 is 0. The highest BCUT2D eigenvalue weighted by atomic mass is 16.5. The number of methoxy groups -OCH3 is 1. The Balaban J connectivity index is 2.63. The quantitative estimate of drug-likeness (QED) is 0.576. The Kier molecular flexibility index (Phi) is 6.42. The van der Waals surface area contributed by atoms with Crippen molar-refractivity contribution in [2.24, 2.45) is 5.73 Å². The maximum atomic E-state index is 10.6. The molecule has 1 rings (SSSR count). The number of carbonyl (C=O) groups excluding carboxylic acids is 1. The minimum Gasteiger partial charge on any atom is -0.490 e. The Hall–Kier alpha value is -2.05. The molecule has 0 radical (unpaired) electrons. The van der Waals surface area contributed by atoms with Crippen LogP contribution in [-0.2, 0) is 4.79 Å². The van der Waals surface area contributed by atoms with Crippen LogP contribution < -0.4 is 21.1 Å². The predicted molar refractivity (Wildman–Crippen MR) is 74.3 cm³/mol. The molecule has 4 N–H and O–H groups in total. The normalized spacial score (nSPS) is 10.0. The zero-order chi connectivity index (χ0) is 14.1. The number of nitrogens with one attached hydrogen (secondary N) is 2. The van der Waals surface area contributed by atoms with Gasteiger partial charge in [0.05, 0.1) is 7.11 Å². The molecule has 1 amide bonds. The average Bonchev–Trinajstić information content (AvgIpc) is 2.41. The Morgan fingerprint density at radius 2 is 1.95 bits per heavy atom. The number of hydrogen-bond donors (Lipinski definition) is 3. The van der Waals surface area contributed by atoms with E-state index in [9.17, 15) is 4.79 Å². The maximum absolute atomic E-state index is 10.6. The van der Waals surface area contributed by atoms with Gasteiger partial charge in [-0.25, -0.2) is 9.97 Å². The van der Waals surface area contributed by atoms with Crippen molar-refractivity contribution < 1.29 is 9.53 Å². The van der Waals surface area contributed by atoms with E-state index in [4.69, 9.17) is 10.5 Å². The van der Waals surface area contributed by atoms with E-state index in [0.29, 0.717) is 36.8 Å². The van der Waals surface area contributed by atoms with Gasteiger partial charge in [-0.1, -0.05) is 6.92 Å². The van der Waals surface area contributed by atoms with Crippen LogP contribution in [0.15, 0.2) is 6.33 Å². The van der Waals surface area contributed by atoms with E-state index in [2.05, 4.69) is 27.5 Å². The first-order chi connectivity index (χ1) is 9.19. The minimum atomic E-state index is -0.304. The van der Waals surface area contributed by atoms with E-state index < -0.39 is 0 Å². The summed E-state index contributed by atoms with van der Waals surface area (Å²) in [5.41, 5.74) is 5.08. The summed E-state index contributed by atoms with van der Waals surface area (Å²) < 4.78 is 5.31. The number of nitrogens with two attached hydrogens (primary N) is 1. The van der Waals surface area contributed by atoms with Crippen LogP contribution in [0.1, 0.15) is 26.2 Å². The van der Waals surface area contributed by atoms with Gasteiger partial charge in [0.25, 0.3) is 0 Å². The molecule has 0 aliphatic carbocycles. The highest BCUT2D eigenvalue weighted by molar-refractivity contribution is 5.73. The van der Waals surface area contributed by atoms with Gasteiger partial charge in [-0.3, -0.25) is 4.79 Å². The second-order valence-electron chi connectivity index (χ2n) is 4.03. The van der Waals surface area contributed by atoms with Crippen LogP contribution in [0.5, 0.6) is 5.75 Å². The number of primary amides is 1. The summed E-state index contributed by atoms with van der Waals surface area (Å²) in [6.45, 7) is 3.49.